The van der Waals surface area contributed by atoms with E-state index in [0.29, 0.717) is 5.56 Å². The summed E-state index contributed by atoms with van der Waals surface area (Å²) >= 11 is 0. The number of methoxy groups -OCH3 is 1. The number of hydrogen-bond donors (Lipinski definition) is 1. The van der Waals surface area contributed by atoms with Crippen LogP contribution in [0.15, 0.2) is 66.7 Å². The maximum Gasteiger partial charge on any atom is 0.255 e. The van der Waals surface area contributed by atoms with Crippen LogP contribution < -0.4 is 15.0 Å². The lowest BCUT2D eigenvalue weighted by atomic mass is 10.1. The lowest BCUT2D eigenvalue weighted by Crippen LogP contribution is -2.16. The van der Waals surface area contributed by atoms with E-state index in [-0.39, 0.29) is 5.91 Å². The van der Waals surface area contributed by atoms with E-state index in [2.05, 4.69) is 22.3 Å². The minimum absolute atomic E-state index is 0.110. The predicted octanol–water partition coefficient (Wildman–Crippen LogP) is 5.81. The summed E-state index contributed by atoms with van der Waals surface area (Å²) in [5.74, 6) is 1.66. The number of benzene rings is 3. The molecule has 1 aliphatic heterocycles. The number of anilines is 3. The van der Waals surface area contributed by atoms with E-state index in [4.69, 9.17) is 9.72 Å². The van der Waals surface area contributed by atoms with Gasteiger partial charge in [-0.3, -0.25) is 4.79 Å². The van der Waals surface area contributed by atoms with Crippen LogP contribution in [0, 0.1) is 13.8 Å². The van der Waals surface area contributed by atoms with E-state index in [1.54, 1.807) is 7.11 Å². The summed E-state index contributed by atoms with van der Waals surface area (Å²) in [5, 5.41) is 4.13. The lowest BCUT2D eigenvalue weighted by Gasteiger charge is -2.19. The first kappa shape index (κ1) is 20.1. The molecule has 0 bridgehead atoms. The zero-order valence-electron chi connectivity index (χ0n) is 18.5. The molecule has 5 nitrogen and oxygen atoms in total. The number of rotatable bonds is 4. The Morgan fingerprint density at radius 2 is 1.81 bits per heavy atom. The van der Waals surface area contributed by atoms with E-state index in [1.807, 2.05) is 68.4 Å². The molecule has 2 heterocycles. The summed E-state index contributed by atoms with van der Waals surface area (Å²) in [5.41, 5.74) is 6.88. The Hall–Kier alpha value is -3.86. The molecule has 160 valence electrons. The molecule has 0 spiro atoms. The smallest absolute Gasteiger partial charge is 0.255 e. The highest BCUT2D eigenvalue weighted by Crippen LogP contribution is 2.35. The Kier molecular flexibility index (Phi) is 5.02. The first-order valence-electron chi connectivity index (χ1n) is 10.8. The number of amides is 1. The van der Waals surface area contributed by atoms with Crippen molar-refractivity contribution in [3.63, 3.8) is 0 Å². The Balaban J connectivity index is 1.39. The highest BCUT2D eigenvalue weighted by molar-refractivity contribution is 6.05. The second-order valence-corrected chi connectivity index (χ2v) is 8.25. The van der Waals surface area contributed by atoms with Crippen LogP contribution in [0.2, 0.25) is 0 Å². The van der Waals surface area contributed by atoms with E-state index >= 15 is 0 Å². The summed E-state index contributed by atoms with van der Waals surface area (Å²) in [6.07, 6.45) is 0.944. The number of aryl methyl sites for hydroxylation is 2. The number of pyridine rings is 1. The molecule has 0 atom stereocenters. The van der Waals surface area contributed by atoms with Gasteiger partial charge in [0.25, 0.3) is 5.91 Å². The third-order valence-electron chi connectivity index (χ3n) is 6.01. The van der Waals surface area contributed by atoms with Crippen molar-refractivity contribution in [2.24, 2.45) is 0 Å². The molecule has 0 unspecified atom stereocenters. The zero-order chi connectivity index (χ0) is 22.2. The van der Waals surface area contributed by atoms with Gasteiger partial charge in [-0.15, -0.1) is 0 Å². The molecule has 4 aromatic rings. The van der Waals surface area contributed by atoms with E-state index < -0.39 is 0 Å². The predicted molar refractivity (Wildman–Crippen MR) is 129 cm³/mol. The van der Waals surface area contributed by atoms with Gasteiger partial charge in [-0.05, 0) is 79.9 Å². The van der Waals surface area contributed by atoms with Crippen LogP contribution >= 0.6 is 0 Å². The molecule has 3 aromatic carbocycles. The fourth-order valence-electron chi connectivity index (χ4n) is 4.26. The number of carbonyl (C=O) groups is 1. The molecule has 5 heteroatoms. The second kappa shape index (κ2) is 8.00. The van der Waals surface area contributed by atoms with Crippen LogP contribution in [0.5, 0.6) is 5.75 Å². The van der Waals surface area contributed by atoms with Crippen molar-refractivity contribution in [2.45, 2.75) is 20.3 Å². The van der Waals surface area contributed by atoms with E-state index in [0.717, 1.165) is 52.4 Å². The van der Waals surface area contributed by atoms with Gasteiger partial charge in [0.05, 0.1) is 12.6 Å². The normalized spacial score (nSPS) is 12.7. The number of nitrogens with zero attached hydrogens (tertiary/aromatic N) is 2. The molecule has 0 fully saturated rings. The minimum atomic E-state index is -0.110. The Bertz CT molecular complexity index is 1330. The quantitative estimate of drug-likeness (QED) is 0.450. The van der Waals surface area contributed by atoms with Gasteiger partial charge < -0.3 is 15.0 Å². The zero-order valence-corrected chi connectivity index (χ0v) is 18.5. The highest BCUT2D eigenvalue weighted by atomic mass is 16.5. The standard InChI is InChI=1S/C27H25N3O2/c1-17-4-11-24(18(2)14-17)29-27(31)19-5-8-22(9-6-19)30-13-12-21-15-20-7-10-23(32-3)16-25(20)28-26(21)30/h4-11,14-16H,12-13H2,1-3H3,(H,29,31). The lowest BCUT2D eigenvalue weighted by molar-refractivity contribution is 0.102. The Morgan fingerprint density at radius 3 is 2.56 bits per heavy atom. The van der Waals surface area contributed by atoms with Gasteiger partial charge >= 0.3 is 0 Å². The maximum absolute atomic E-state index is 12.7. The number of fused-ring (bicyclic) bond motifs is 2. The summed E-state index contributed by atoms with van der Waals surface area (Å²) in [7, 11) is 1.67. The molecule has 1 aromatic heterocycles. The van der Waals surface area contributed by atoms with Gasteiger partial charge in [-0.2, -0.15) is 0 Å². The SMILES string of the molecule is COc1ccc2cc3c(nc2c1)N(c1ccc(C(=O)Nc2ccc(C)cc2C)cc1)CC3. The van der Waals surface area contributed by atoms with E-state index in [9.17, 15) is 4.79 Å². The molecular weight excluding hydrogens is 398 g/mol. The van der Waals surface area contributed by atoms with Crippen LogP contribution in [0.1, 0.15) is 27.0 Å². The van der Waals surface area contributed by atoms with Crippen molar-refractivity contribution in [3.8, 4) is 5.75 Å². The molecule has 0 radical (unpaired) electrons. The topological polar surface area (TPSA) is 54.5 Å². The number of carbonyl (C=O) groups excluding carboxylic acids is 1. The molecule has 1 N–H and O–H groups in total. The number of hydrogen-bond acceptors (Lipinski definition) is 4. The second-order valence-electron chi connectivity index (χ2n) is 8.25. The Morgan fingerprint density at radius 1 is 1.00 bits per heavy atom. The highest BCUT2D eigenvalue weighted by Gasteiger charge is 2.23. The molecule has 0 saturated heterocycles. The average Bonchev–Trinajstić information content (AvgIpc) is 3.21. The van der Waals surface area contributed by atoms with Crippen molar-refractivity contribution in [1.82, 2.24) is 4.98 Å². The van der Waals surface area contributed by atoms with Crippen LogP contribution in [0.4, 0.5) is 17.2 Å². The van der Waals surface area contributed by atoms with Crippen LogP contribution in [0.25, 0.3) is 10.9 Å². The minimum Gasteiger partial charge on any atom is -0.497 e. The monoisotopic (exact) mass is 423 g/mol. The first-order valence-corrected chi connectivity index (χ1v) is 10.8. The Labute approximate surface area is 187 Å². The van der Waals surface area contributed by atoms with Crippen LogP contribution in [-0.4, -0.2) is 24.5 Å². The van der Waals surface area contributed by atoms with Crippen molar-refractivity contribution in [2.75, 3.05) is 23.9 Å². The maximum atomic E-state index is 12.7. The molecule has 0 aliphatic carbocycles. The largest absolute Gasteiger partial charge is 0.497 e. The van der Waals surface area contributed by atoms with Gasteiger partial charge in [0.1, 0.15) is 11.6 Å². The fraction of sp³-hybridized carbons (Fsp3) is 0.185. The summed E-state index contributed by atoms with van der Waals surface area (Å²) in [4.78, 5) is 19.9. The number of nitrogens with one attached hydrogen (secondary N) is 1. The summed E-state index contributed by atoms with van der Waals surface area (Å²) < 4.78 is 5.35. The van der Waals surface area contributed by atoms with Gasteiger partial charge in [0.15, 0.2) is 0 Å². The summed E-state index contributed by atoms with van der Waals surface area (Å²) in [6, 6.07) is 21.9. The molecular formula is C27H25N3O2. The third-order valence-corrected chi connectivity index (χ3v) is 6.01. The van der Waals surface area contributed by atoms with Crippen LogP contribution in [-0.2, 0) is 6.42 Å². The van der Waals surface area contributed by atoms with E-state index in [1.165, 1.54) is 11.1 Å². The van der Waals surface area contributed by atoms with Gasteiger partial charge in [0, 0.05) is 34.9 Å². The van der Waals surface area contributed by atoms with Gasteiger partial charge in [-0.25, -0.2) is 4.98 Å². The molecule has 32 heavy (non-hydrogen) atoms. The molecule has 1 amide bonds. The number of ether oxygens (including phenoxy) is 1. The van der Waals surface area contributed by atoms with Crippen LogP contribution in [0.3, 0.4) is 0 Å². The number of aromatic nitrogens is 1. The average molecular weight is 424 g/mol. The molecule has 1 aliphatic rings. The van der Waals surface area contributed by atoms with Gasteiger partial charge in [0.2, 0.25) is 0 Å². The van der Waals surface area contributed by atoms with Crippen molar-refractivity contribution in [1.29, 1.82) is 0 Å². The van der Waals surface area contributed by atoms with Crippen molar-refractivity contribution < 1.29 is 9.53 Å². The van der Waals surface area contributed by atoms with Gasteiger partial charge in [-0.1, -0.05) is 17.7 Å². The molecule has 0 saturated carbocycles. The third kappa shape index (κ3) is 3.66. The van der Waals surface area contributed by atoms with Crippen molar-refractivity contribution >= 4 is 34.0 Å². The summed E-state index contributed by atoms with van der Waals surface area (Å²) in [6.45, 7) is 4.91. The van der Waals surface area contributed by atoms with Crippen molar-refractivity contribution in [3.05, 3.63) is 89.0 Å². The first-order chi connectivity index (χ1) is 15.5. The molecule has 5 rings (SSSR count). The fourth-order valence-corrected chi connectivity index (χ4v) is 4.26.